The number of primary amides is 1. The Kier molecular flexibility index (Phi) is 4.80. The minimum Gasteiger partial charge on any atom is -0.369 e. The van der Waals surface area contributed by atoms with E-state index in [4.69, 9.17) is 11.0 Å². The number of rotatable bonds is 5. The molecule has 1 aromatic rings. The van der Waals surface area contributed by atoms with Gasteiger partial charge >= 0.3 is 0 Å². The minimum absolute atomic E-state index is 0.150. The van der Waals surface area contributed by atoms with Crippen molar-refractivity contribution < 1.29 is 4.79 Å². The third-order valence-corrected chi connectivity index (χ3v) is 2.91. The smallest absolute Gasteiger partial charge is 0.227 e. The lowest BCUT2D eigenvalue weighted by Gasteiger charge is -2.04. The maximum atomic E-state index is 10.7. The molecule has 0 aliphatic carbocycles. The molecule has 0 atom stereocenters. The molecule has 0 aromatic carbocycles. The van der Waals surface area contributed by atoms with E-state index in [1.807, 2.05) is 6.07 Å². The first kappa shape index (κ1) is 12.5. The van der Waals surface area contributed by atoms with Crippen LogP contribution >= 0.6 is 11.8 Å². The van der Waals surface area contributed by atoms with Gasteiger partial charge in [-0.25, -0.2) is 4.98 Å². The van der Waals surface area contributed by atoms with Crippen LogP contribution in [0.3, 0.4) is 0 Å². The molecule has 0 bridgehead atoms. The van der Waals surface area contributed by atoms with Gasteiger partial charge in [0.15, 0.2) is 0 Å². The lowest BCUT2D eigenvalue weighted by Crippen LogP contribution is -2.13. The van der Waals surface area contributed by atoms with Crippen LogP contribution in [0.2, 0.25) is 0 Å². The predicted molar refractivity (Wildman–Crippen MR) is 62.9 cm³/mol. The molecule has 0 saturated heterocycles. The summed E-state index contributed by atoms with van der Waals surface area (Å²) < 4.78 is 0. The van der Waals surface area contributed by atoms with Crippen molar-refractivity contribution >= 4 is 17.7 Å². The summed E-state index contributed by atoms with van der Waals surface area (Å²) in [7, 11) is 0. The van der Waals surface area contributed by atoms with E-state index in [1.165, 1.54) is 11.8 Å². The van der Waals surface area contributed by atoms with E-state index in [-0.39, 0.29) is 5.75 Å². The molecular formula is C11H13N3OS. The third kappa shape index (κ3) is 3.55. The Labute approximate surface area is 98.9 Å². The number of aromatic nitrogens is 1. The fourth-order valence-electron chi connectivity index (χ4n) is 1.21. The van der Waals surface area contributed by atoms with E-state index in [1.54, 1.807) is 6.07 Å². The summed E-state index contributed by atoms with van der Waals surface area (Å²) in [5.74, 6) is -0.256. The number of nitrogens with two attached hydrogens (primary N) is 1. The zero-order chi connectivity index (χ0) is 12.0. The first-order valence-corrected chi connectivity index (χ1v) is 5.97. The van der Waals surface area contributed by atoms with Crippen LogP contribution in [0, 0.1) is 11.3 Å². The van der Waals surface area contributed by atoms with E-state index in [9.17, 15) is 4.79 Å². The molecule has 0 spiro atoms. The van der Waals surface area contributed by atoms with Crippen molar-refractivity contribution in [2.24, 2.45) is 5.73 Å². The maximum Gasteiger partial charge on any atom is 0.227 e. The molecule has 0 aliphatic rings. The number of nitrogens with zero attached hydrogens (tertiary/aromatic N) is 2. The largest absolute Gasteiger partial charge is 0.369 e. The Morgan fingerprint density at radius 1 is 1.62 bits per heavy atom. The second-order valence-corrected chi connectivity index (χ2v) is 4.24. The first-order chi connectivity index (χ1) is 7.67. The monoisotopic (exact) mass is 235 g/mol. The van der Waals surface area contributed by atoms with Gasteiger partial charge in [0, 0.05) is 5.69 Å². The Balaban J connectivity index is 2.89. The second kappa shape index (κ2) is 6.13. The van der Waals surface area contributed by atoms with Gasteiger partial charge in [0.1, 0.15) is 11.1 Å². The quantitative estimate of drug-likeness (QED) is 0.784. The van der Waals surface area contributed by atoms with Crippen LogP contribution in [0.4, 0.5) is 0 Å². The zero-order valence-corrected chi connectivity index (χ0v) is 9.88. The normalized spacial score (nSPS) is 9.75. The molecule has 1 heterocycles. The van der Waals surface area contributed by atoms with Crippen LogP contribution in [-0.2, 0) is 11.2 Å². The highest BCUT2D eigenvalue weighted by molar-refractivity contribution is 7.99. The lowest BCUT2D eigenvalue weighted by molar-refractivity contribution is -0.115. The van der Waals surface area contributed by atoms with Gasteiger partial charge in [0.2, 0.25) is 5.91 Å². The lowest BCUT2D eigenvalue weighted by atomic mass is 10.2. The molecule has 1 aromatic heterocycles. The van der Waals surface area contributed by atoms with Crippen molar-refractivity contribution in [2.75, 3.05) is 5.75 Å². The van der Waals surface area contributed by atoms with Crippen LogP contribution in [0.15, 0.2) is 17.2 Å². The molecule has 0 unspecified atom stereocenters. The molecule has 2 N–H and O–H groups in total. The van der Waals surface area contributed by atoms with Crippen LogP contribution in [0.1, 0.15) is 24.6 Å². The van der Waals surface area contributed by atoms with Crippen molar-refractivity contribution in [1.29, 1.82) is 5.26 Å². The number of thioether (sulfide) groups is 1. The van der Waals surface area contributed by atoms with Crippen LogP contribution in [-0.4, -0.2) is 16.6 Å². The number of hydrogen-bond donors (Lipinski definition) is 1. The number of pyridine rings is 1. The molecule has 84 valence electrons. The second-order valence-electron chi connectivity index (χ2n) is 3.27. The molecule has 16 heavy (non-hydrogen) atoms. The van der Waals surface area contributed by atoms with Gasteiger partial charge in [-0.2, -0.15) is 5.26 Å². The number of hydrogen-bond acceptors (Lipinski definition) is 4. The van der Waals surface area contributed by atoms with Gasteiger partial charge in [-0.1, -0.05) is 25.1 Å². The SMILES string of the molecule is CCCc1ccc(C#N)c(SCC(N)=O)n1. The van der Waals surface area contributed by atoms with Gasteiger partial charge in [-0.3, -0.25) is 4.79 Å². The standard InChI is InChI=1S/C11H13N3OS/c1-2-3-9-5-4-8(6-12)11(14-9)16-7-10(13)15/h4-5H,2-3,7H2,1H3,(H2,13,15). The number of carbonyl (C=O) groups excluding carboxylic acids is 1. The van der Waals surface area contributed by atoms with Crippen molar-refractivity contribution in [3.8, 4) is 6.07 Å². The van der Waals surface area contributed by atoms with E-state index in [0.717, 1.165) is 18.5 Å². The summed E-state index contributed by atoms with van der Waals surface area (Å²) in [6.07, 6.45) is 1.87. The van der Waals surface area contributed by atoms with Gasteiger partial charge in [-0.15, -0.1) is 0 Å². The van der Waals surface area contributed by atoms with E-state index < -0.39 is 5.91 Å². The average Bonchev–Trinajstić information content (AvgIpc) is 2.27. The topological polar surface area (TPSA) is 79.8 Å². The van der Waals surface area contributed by atoms with Crippen LogP contribution in [0.25, 0.3) is 0 Å². The molecule has 1 rings (SSSR count). The number of nitriles is 1. The van der Waals surface area contributed by atoms with Crippen LogP contribution in [0.5, 0.6) is 0 Å². The Hall–Kier alpha value is -1.54. The van der Waals surface area contributed by atoms with E-state index in [0.29, 0.717) is 10.6 Å². The molecule has 0 aliphatic heterocycles. The van der Waals surface area contributed by atoms with Crippen molar-refractivity contribution in [3.05, 3.63) is 23.4 Å². The average molecular weight is 235 g/mol. The molecular weight excluding hydrogens is 222 g/mol. The fourth-order valence-corrected chi connectivity index (χ4v) is 1.94. The van der Waals surface area contributed by atoms with Crippen molar-refractivity contribution in [1.82, 2.24) is 4.98 Å². The van der Waals surface area contributed by atoms with Crippen LogP contribution < -0.4 is 5.73 Å². The number of carbonyl (C=O) groups is 1. The Morgan fingerprint density at radius 2 is 2.38 bits per heavy atom. The summed E-state index contributed by atoms with van der Waals surface area (Å²) in [5, 5.41) is 9.47. The molecule has 1 amide bonds. The third-order valence-electron chi connectivity index (χ3n) is 1.90. The summed E-state index contributed by atoms with van der Waals surface area (Å²) in [6, 6.07) is 5.63. The highest BCUT2D eigenvalue weighted by Crippen LogP contribution is 2.20. The van der Waals surface area contributed by atoms with Gasteiger partial charge in [0.05, 0.1) is 11.3 Å². The molecule has 0 radical (unpaired) electrons. The van der Waals surface area contributed by atoms with Gasteiger partial charge < -0.3 is 5.73 Å². The zero-order valence-electron chi connectivity index (χ0n) is 9.06. The molecule has 0 fully saturated rings. The fraction of sp³-hybridized carbons (Fsp3) is 0.364. The Morgan fingerprint density at radius 3 is 2.94 bits per heavy atom. The predicted octanol–water partition coefficient (Wildman–Crippen LogP) is 1.48. The van der Waals surface area contributed by atoms with E-state index in [2.05, 4.69) is 18.0 Å². The van der Waals surface area contributed by atoms with Crippen molar-refractivity contribution in [2.45, 2.75) is 24.8 Å². The summed E-state index contributed by atoms with van der Waals surface area (Å²) in [5.41, 5.74) is 6.49. The number of amides is 1. The highest BCUT2D eigenvalue weighted by atomic mass is 32.2. The van der Waals surface area contributed by atoms with E-state index >= 15 is 0 Å². The minimum atomic E-state index is -0.406. The number of aryl methyl sites for hydroxylation is 1. The summed E-state index contributed by atoms with van der Waals surface area (Å²) >= 11 is 1.21. The highest BCUT2D eigenvalue weighted by Gasteiger charge is 2.07. The molecule has 5 heteroatoms. The molecule has 0 saturated carbocycles. The van der Waals surface area contributed by atoms with Crippen molar-refractivity contribution in [3.63, 3.8) is 0 Å². The maximum absolute atomic E-state index is 10.7. The van der Waals surface area contributed by atoms with Gasteiger partial charge in [-0.05, 0) is 18.6 Å². The first-order valence-electron chi connectivity index (χ1n) is 4.98. The summed E-state index contributed by atoms with van der Waals surface area (Å²) in [6.45, 7) is 2.07. The Bertz CT molecular complexity index is 426. The summed E-state index contributed by atoms with van der Waals surface area (Å²) in [4.78, 5) is 15.0. The van der Waals surface area contributed by atoms with Gasteiger partial charge in [0.25, 0.3) is 0 Å². The molecule has 4 nitrogen and oxygen atoms in total.